The highest BCUT2D eigenvalue weighted by Gasteiger charge is 2.33. The van der Waals surface area contributed by atoms with Crippen LogP contribution in [0.2, 0.25) is 0 Å². The number of anilines is 2. The van der Waals surface area contributed by atoms with Crippen LogP contribution in [0.1, 0.15) is 25.7 Å². The predicted molar refractivity (Wildman–Crippen MR) is 112 cm³/mol. The molecule has 2 aliphatic rings. The summed E-state index contributed by atoms with van der Waals surface area (Å²) in [6, 6.07) is 11.3. The number of carbonyl (C=O) groups excluding carboxylic acids is 1. The number of piperidine rings is 1. The summed E-state index contributed by atoms with van der Waals surface area (Å²) in [7, 11) is -3.51. The summed E-state index contributed by atoms with van der Waals surface area (Å²) in [6.07, 6.45) is 3.85. The topological polar surface area (TPSA) is 69.7 Å². The molecule has 2 fully saturated rings. The van der Waals surface area contributed by atoms with Crippen molar-refractivity contribution in [3.63, 3.8) is 0 Å². The molecule has 0 saturated carbocycles. The van der Waals surface area contributed by atoms with Gasteiger partial charge in [0.2, 0.25) is 5.91 Å². The van der Waals surface area contributed by atoms with Gasteiger partial charge in [0.15, 0.2) is 0 Å². The van der Waals surface area contributed by atoms with E-state index in [1.54, 1.807) is 17.5 Å². The molecule has 2 aromatic rings. The summed E-state index contributed by atoms with van der Waals surface area (Å²) in [5.74, 6) is -0.443. The van der Waals surface area contributed by atoms with E-state index in [1.165, 1.54) is 34.2 Å². The molecule has 0 unspecified atom stereocenters. The molecule has 8 heteroatoms. The van der Waals surface area contributed by atoms with Gasteiger partial charge in [-0.05, 0) is 61.4 Å². The molecule has 0 radical (unpaired) electrons. The maximum Gasteiger partial charge on any atom is 0.252 e. The van der Waals surface area contributed by atoms with E-state index in [9.17, 15) is 13.2 Å². The Bertz CT molecular complexity index is 905. The lowest BCUT2D eigenvalue weighted by molar-refractivity contribution is -0.120. The van der Waals surface area contributed by atoms with E-state index in [2.05, 4.69) is 10.2 Å². The molecule has 0 aliphatic carbocycles. The number of carbonyl (C=O) groups is 1. The van der Waals surface area contributed by atoms with E-state index in [1.807, 2.05) is 24.3 Å². The molecule has 1 atom stereocenters. The van der Waals surface area contributed by atoms with E-state index in [4.69, 9.17) is 0 Å². The summed E-state index contributed by atoms with van der Waals surface area (Å²) in [5, 5.41) is 4.72. The van der Waals surface area contributed by atoms with Crippen LogP contribution in [-0.2, 0) is 14.8 Å². The quantitative estimate of drug-likeness (QED) is 0.807. The third kappa shape index (κ3) is 4.09. The van der Waals surface area contributed by atoms with Gasteiger partial charge in [0.1, 0.15) is 4.21 Å². The number of sulfonamides is 1. The van der Waals surface area contributed by atoms with Crippen LogP contribution in [0, 0.1) is 5.92 Å². The minimum atomic E-state index is -3.51. The third-order valence-corrected chi connectivity index (χ3v) is 8.69. The Labute approximate surface area is 170 Å². The zero-order chi connectivity index (χ0) is 19.6. The van der Waals surface area contributed by atoms with Gasteiger partial charge in [-0.2, -0.15) is 4.31 Å². The molecule has 2 saturated heterocycles. The molecular weight excluding hydrogens is 394 g/mol. The van der Waals surface area contributed by atoms with Gasteiger partial charge in [0.25, 0.3) is 10.0 Å². The van der Waals surface area contributed by atoms with Crippen molar-refractivity contribution in [2.24, 2.45) is 5.92 Å². The molecule has 1 aromatic heterocycles. The highest BCUT2D eigenvalue weighted by molar-refractivity contribution is 7.91. The number of rotatable bonds is 5. The SMILES string of the molecule is O=C(Nc1ccc(N2CCCC2)cc1)[C@H]1CCCN(S(=O)(=O)c2cccs2)C1. The van der Waals surface area contributed by atoms with Crippen LogP contribution in [0.25, 0.3) is 0 Å². The molecule has 2 aliphatic heterocycles. The molecule has 4 rings (SSSR count). The number of thiophene rings is 1. The van der Waals surface area contributed by atoms with E-state index in [0.717, 1.165) is 18.8 Å². The number of benzene rings is 1. The molecule has 1 N–H and O–H groups in total. The number of amides is 1. The minimum absolute atomic E-state index is 0.111. The lowest BCUT2D eigenvalue weighted by atomic mass is 9.98. The predicted octanol–water partition coefficient (Wildman–Crippen LogP) is 3.39. The molecule has 1 amide bonds. The zero-order valence-corrected chi connectivity index (χ0v) is 17.3. The number of hydrogen-bond donors (Lipinski definition) is 1. The van der Waals surface area contributed by atoms with Crippen LogP contribution < -0.4 is 10.2 Å². The van der Waals surface area contributed by atoms with E-state index in [0.29, 0.717) is 23.6 Å². The third-order valence-electron chi connectivity index (χ3n) is 5.45. The normalized spacial score (nSPS) is 21.0. The van der Waals surface area contributed by atoms with Gasteiger partial charge in [-0.3, -0.25) is 4.79 Å². The van der Waals surface area contributed by atoms with Gasteiger partial charge in [-0.1, -0.05) is 6.07 Å². The maximum absolute atomic E-state index is 12.7. The van der Waals surface area contributed by atoms with Gasteiger partial charge < -0.3 is 10.2 Å². The van der Waals surface area contributed by atoms with Gasteiger partial charge in [0, 0.05) is 37.6 Å². The van der Waals surface area contributed by atoms with Crippen LogP contribution in [0.4, 0.5) is 11.4 Å². The first-order valence-electron chi connectivity index (χ1n) is 9.73. The number of nitrogens with zero attached hydrogens (tertiary/aromatic N) is 2. The fourth-order valence-corrected chi connectivity index (χ4v) is 6.56. The van der Waals surface area contributed by atoms with Crippen LogP contribution >= 0.6 is 11.3 Å². The van der Waals surface area contributed by atoms with Crippen LogP contribution in [-0.4, -0.2) is 44.8 Å². The second-order valence-electron chi connectivity index (χ2n) is 7.36. The highest BCUT2D eigenvalue weighted by Crippen LogP contribution is 2.27. The zero-order valence-electron chi connectivity index (χ0n) is 15.7. The van der Waals surface area contributed by atoms with Gasteiger partial charge in [-0.15, -0.1) is 11.3 Å². The largest absolute Gasteiger partial charge is 0.372 e. The van der Waals surface area contributed by atoms with E-state index < -0.39 is 10.0 Å². The van der Waals surface area contributed by atoms with E-state index >= 15 is 0 Å². The lowest BCUT2D eigenvalue weighted by Gasteiger charge is -2.30. The lowest BCUT2D eigenvalue weighted by Crippen LogP contribution is -2.43. The number of nitrogens with one attached hydrogen (secondary N) is 1. The van der Waals surface area contributed by atoms with Crippen LogP contribution in [0.3, 0.4) is 0 Å². The average Bonchev–Trinajstić information content (AvgIpc) is 3.43. The summed E-state index contributed by atoms with van der Waals surface area (Å²) >= 11 is 1.21. The smallest absolute Gasteiger partial charge is 0.252 e. The summed E-state index contributed by atoms with van der Waals surface area (Å²) in [6.45, 7) is 2.87. The number of hydrogen-bond acceptors (Lipinski definition) is 5. The first kappa shape index (κ1) is 19.4. The first-order chi connectivity index (χ1) is 13.5. The van der Waals surface area contributed by atoms with Crippen molar-refractivity contribution in [3.8, 4) is 0 Å². The Morgan fingerprint density at radius 3 is 2.46 bits per heavy atom. The fraction of sp³-hybridized carbons (Fsp3) is 0.450. The van der Waals surface area contributed by atoms with Crippen molar-refractivity contribution in [1.29, 1.82) is 0 Å². The Balaban J connectivity index is 1.39. The summed E-state index contributed by atoms with van der Waals surface area (Å²) in [4.78, 5) is 15.1. The van der Waals surface area contributed by atoms with Crippen LogP contribution in [0.5, 0.6) is 0 Å². The Morgan fingerprint density at radius 1 is 1.04 bits per heavy atom. The average molecular weight is 420 g/mol. The molecule has 3 heterocycles. The Morgan fingerprint density at radius 2 is 1.79 bits per heavy atom. The van der Waals surface area contributed by atoms with E-state index in [-0.39, 0.29) is 18.4 Å². The molecule has 28 heavy (non-hydrogen) atoms. The minimum Gasteiger partial charge on any atom is -0.372 e. The van der Waals surface area contributed by atoms with Gasteiger partial charge >= 0.3 is 0 Å². The van der Waals surface area contributed by atoms with Gasteiger partial charge in [-0.25, -0.2) is 8.42 Å². The van der Waals surface area contributed by atoms with Crippen molar-refractivity contribution in [2.75, 3.05) is 36.4 Å². The fourth-order valence-electron chi connectivity index (χ4n) is 3.89. The van der Waals surface area contributed by atoms with Crippen molar-refractivity contribution >= 4 is 38.6 Å². The van der Waals surface area contributed by atoms with Crippen molar-refractivity contribution in [2.45, 2.75) is 29.9 Å². The van der Waals surface area contributed by atoms with Crippen molar-refractivity contribution in [3.05, 3.63) is 41.8 Å². The van der Waals surface area contributed by atoms with Crippen molar-refractivity contribution in [1.82, 2.24) is 4.31 Å². The van der Waals surface area contributed by atoms with Crippen molar-refractivity contribution < 1.29 is 13.2 Å². The second kappa shape index (κ2) is 8.23. The molecule has 0 bridgehead atoms. The highest BCUT2D eigenvalue weighted by atomic mass is 32.2. The standard InChI is InChI=1S/C20H25N3O3S2/c24-20(21-17-7-9-18(10-8-17)22-11-1-2-12-22)16-5-3-13-23(15-16)28(25,26)19-6-4-14-27-19/h4,6-10,14,16H,1-3,5,11-13,15H2,(H,21,24)/t16-/m0/s1. The molecular formula is C20H25N3O3S2. The first-order valence-corrected chi connectivity index (χ1v) is 12.1. The maximum atomic E-state index is 12.7. The Kier molecular flexibility index (Phi) is 5.70. The molecule has 1 aromatic carbocycles. The second-order valence-corrected chi connectivity index (χ2v) is 10.5. The molecule has 150 valence electrons. The Hall–Kier alpha value is -1.90. The molecule has 6 nitrogen and oxygen atoms in total. The monoisotopic (exact) mass is 419 g/mol. The molecule has 0 spiro atoms. The van der Waals surface area contributed by atoms with Crippen LogP contribution in [0.15, 0.2) is 46.0 Å². The summed E-state index contributed by atoms with van der Waals surface area (Å²) < 4.78 is 27.3. The van der Waals surface area contributed by atoms with Gasteiger partial charge in [0.05, 0.1) is 5.92 Å². The summed E-state index contributed by atoms with van der Waals surface area (Å²) in [5.41, 5.74) is 1.94.